The van der Waals surface area contributed by atoms with E-state index in [2.05, 4.69) is 36.4 Å². The van der Waals surface area contributed by atoms with Crippen molar-refractivity contribution >= 4 is 0 Å². The molecular weight excluding hydrogens is 254 g/mol. The highest BCUT2D eigenvalue weighted by molar-refractivity contribution is 5.28. The standard InChI is InChI=1S/C14H29N5O/c1-5-6-7-8-12(17-15)14-13(20-4)11-16-19(14)10-9-18(2)3/h11-12,17H,5-10,15H2,1-4H3. The van der Waals surface area contributed by atoms with Crippen molar-refractivity contribution in [3.05, 3.63) is 11.9 Å². The number of nitrogens with zero attached hydrogens (tertiary/aromatic N) is 3. The number of hydrogen-bond donors (Lipinski definition) is 2. The van der Waals surface area contributed by atoms with Crippen LogP contribution in [0.2, 0.25) is 0 Å². The van der Waals surface area contributed by atoms with Crippen molar-refractivity contribution < 1.29 is 4.74 Å². The topological polar surface area (TPSA) is 68.3 Å². The molecule has 0 aliphatic heterocycles. The Hall–Kier alpha value is -1.11. The van der Waals surface area contributed by atoms with Gasteiger partial charge in [0, 0.05) is 6.54 Å². The third-order valence-electron chi connectivity index (χ3n) is 3.45. The first-order chi connectivity index (χ1) is 9.63. The van der Waals surface area contributed by atoms with Gasteiger partial charge in [-0.3, -0.25) is 16.0 Å². The van der Waals surface area contributed by atoms with E-state index in [-0.39, 0.29) is 6.04 Å². The van der Waals surface area contributed by atoms with Crippen molar-refractivity contribution in [1.82, 2.24) is 20.1 Å². The molecule has 0 fully saturated rings. The van der Waals surface area contributed by atoms with E-state index >= 15 is 0 Å². The highest BCUT2D eigenvalue weighted by atomic mass is 16.5. The number of hydrazine groups is 1. The number of ether oxygens (including phenoxy) is 1. The molecule has 3 N–H and O–H groups in total. The third kappa shape index (κ3) is 4.77. The summed E-state index contributed by atoms with van der Waals surface area (Å²) in [5.74, 6) is 6.55. The summed E-state index contributed by atoms with van der Waals surface area (Å²) in [5.41, 5.74) is 3.96. The van der Waals surface area contributed by atoms with Gasteiger partial charge in [0.2, 0.25) is 0 Å². The molecule has 1 heterocycles. The lowest BCUT2D eigenvalue weighted by Gasteiger charge is -2.20. The van der Waals surface area contributed by atoms with Crippen LogP contribution in [0.15, 0.2) is 6.20 Å². The quantitative estimate of drug-likeness (QED) is 0.387. The summed E-state index contributed by atoms with van der Waals surface area (Å²) < 4.78 is 7.42. The lowest BCUT2D eigenvalue weighted by atomic mass is 10.1. The minimum absolute atomic E-state index is 0.0844. The van der Waals surface area contributed by atoms with Crippen LogP contribution in [0.1, 0.15) is 44.3 Å². The number of methoxy groups -OCH3 is 1. The fourth-order valence-electron chi connectivity index (χ4n) is 2.26. The number of likely N-dealkylation sites (N-methyl/N-ethyl adjacent to an activating group) is 1. The maximum atomic E-state index is 5.74. The highest BCUT2D eigenvalue weighted by Gasteiger charge is 2.20. The van der Waals surface area contributed by atoms with Crippen molar-refractivity contribution in [2.24, 2.45) is 5.84 Å². The second-order valence-electron chi connectivity index (χ2n) is 5.34. The Labute approximate surface area is 122 Å². The fraction of sp³-hybridized carbons (Fsp3) is 0.786. The first-order valence-corrected chi connectivity index (χ1v) is 7.34. The predicted molar refractivity (Wildman–Crippen MR) is 81.5 cm³/mol. The lowest BCUT2D eigenvalue weighted by molar-refractivity contribution is 0.349. The molecule has 1 unspecified atom stereocenters. The summed E-state index contributed by atoms with van der Waals surface area (Å²) in [6.07, 6.45) is 6.33. The zero-order valence-electron chi connectivity index (χ0n) is 13.2. The Bertz CT molecular complexity index is 378. The van der Waals surface area contributed by atoms with Crippen molar-refractivity contribution in [2.75, 3.05) is 27.7 Å². The van der Waals surface area contributed by atoms with Crippen LogP contribution in [0, 0.1) is 0 Å². The van der Waals surface area contributed by atoms with E-state index in [0.717, 1.165) is 37.4 Å². The third-order valence-corrected chi connectivity index (χ3v) is 3.45. The zero-order chi connectivity index (χ0) is 15.0. The molecule has 1 aromatic rings. The van der Waals surface area contributed by atoms with Crippen molar-refractivity contribution in [1.29, 1.82) is 0 Å². The number of nitrogens with two attached hydrogens (primary N) is 1. The van der Waals surface area contributed by atoms with E-state index in [1.165, 1.54) is 12.8 Å². The van der Waals surface area contributed by atoms with Crippen LogP contribution in [0.25, 0.3) is 0 Å². The Morgan fingerprint density at radius 3 is 2.75 bits per heavy atom. The van der Waals surface area contributed by atoms with E-state index < -0.39 is 0 Å². The van der Waals surface area contributed by atoms with Gasteiger partial charge in [-0.05, 0) is 20.5 Å². The smallest absolute Gasteiger partial charge is 0.161 e. The van der Waals surface area contributed by atoms with Crippen molar-refractivity contribution in [3.8, 4) is 5.75 Å². The summed E-state index contributed by atoms with van der Waals surface area (Å²) in [6.45, 7) is 3.97. The number of aromatic nitrogens is 2. The lowest BCUT2D eigenvalue weighted by Crippen LogP contribution is -2.31. The molecule has 0 aliphatic rings. The molecular formula is C14H29N5O. The summed E-state index contributed by atoms with van der Waals surface area (Å²) in [5, 5.41) is 4.43. The Morgan fingerprint density at radius 2 is 2.20 bits per heavy atom. The largest absolute Gasteiger partial charge is 0.493 e. The average molecular weight is 283 g/mol. The van der Waals surface area contributed by atoms with Crippen LogP contribution in [0.5, 0.6) is 5.75 Å². The van der Waals surface area contributed by atoms with Gasteiger partial charge in [-0.15, -0.1) is 0 Å². The van der Waals surface area contributed by atoms with Crippen LogP contribution >= 0.6 is 0 Å². The number of hydrogen-bond acceptors (Lipinski definition) is 5. The van der Waals surface area contributed by atoms with E-state index in [1.54, 1.807) is 13.3 Å². The SMILES string of the molecule is CCCCCC(NN)c1c(OC)cnn1CCN(C)C. The second kappa shape index (κ2) is 8.94. The maximum Gasteiger partial charge on any atom is 0.161 e. The molecule has 0 saturated heterocycles. The normalized spacial score (nSPS) is 12.9. The number of nitrogens with one attached hydrogen (secondary N) is 1. The number of rotatable bonds is 10. The summed E-state index contributed by atoms with van der Waals surface area (Å²) in [4.78, 5) is 2.14. The molecule has 1 aromatic heterocycles. The molecule has 116 valence electrons. The van der Waals surface area contributed by atoms with Gasteiger partial charge in [-0.2, -0.15) is 5.10 Å². The Morgan fingerprint density at radius 1 is 1.45 bits per heavy atom. The average Bonchev–Trinajstić information content (AvgIpc) is 2.84. The molecule has 6 nitrogen and oxygen atoms in total. The van der Waals surface area contributed by atoms with Crippen LogP contribution < -0.4 is 16.0 Å². The van der Waals surface area contributed by atoms with Gasteiger partial charge < -0.3 is 9.64 Å². The summed E-state index contributed by atoms with van der Waals surface area (Å²) in [6, 6.07) is 0.0844. The van der Waals surface area contributed by atoms with Gasteiger partial charge in [-0.1, -0.05) is 26.2 Å². The minimum Gasteiger partial charge on any atom is -0.493 e. The van der Waals surface area contributed by atoms with E-state index in [1.807, 2.05) is 4.68 Å². The Balaban J connectivity index is 2.83. The summed E-state index contributed by atoms with van der Waals surface area (Å²) in [7, 11) is 5.79. The molecule has 20 heavy (non-hydrogen) atoms. The van der Waals surface area contributed by atoms with Crippen LogP contribution in [-0.4, -0.2) is 42.4 Å². The monoisotopic (exact) mass is 283 g/mol. The molecule has 6 heteroatoms. The van der Waals surface area contributed by atoms with E-state index in [9.17, 15) is 0 Å². The Kier molecular flexibility index (Phi) is 7.58. The van der Waals surface area contributed by atoms with Crippen LogP contribution in [0.4, 0.5) is 0 Å². The van der Waals surface area contributed by atoms with Gasteiger partial charge in [0.1, 0.15) is 0 Å². The minimum atomic E-state index is 0.0844. The molecule has 0 aromatic carbocycles. The molecule has 0 saturated carbocycles. The molecule has 0 aliphatic carbocycles. The zero-order valence-corrected chi connectivity index (χ0v) is 13.2. The second-order valence-corrected chi connectivity index (χ2v) is 5.34. The molecule has 0 amide bonds. The van der Waals surface area contributed by atoms with Crippen molar-refractivity contribution in [2.45, 2.75) is 45.2 Å². The molecule has 0 radical (unpaired) electrons. The van der Waals surface area contributed by atoms with Gasteiger partial charge in [0.15, 0.2) is 5.75 Å². The maximum absolute atomic E-state index is 5.74. The van der Waals surface area contributed by atoms with Gasteiger partial charge in [-0.25, -0.2) is 0 Å². The van der Waals surface area contributed by atoms with E-state index in [4.69, 9.17) is 10.6 Å². The molecule has 1 atom stereocenters. The first-order valence-electron chi connectivity index (χ1n) is 7.34. The number of unbranched alkanes of at least 4 members (excludes halogenated alkanes) is 2. The molecule has 0 bridgehead atoms. The van der Waals surface area contributed by atoms with E-state index in [0.29, 0.717) is 0 Å². The van der Waals surface area contributed by atoms with Gasteiger partial charge in [0.05, 0.1) is 31.6 Å². The van der Waals surface area contributed by atoms with Gasteiger partial charge >= 0.3 is 0 Å². The first kappa shape index (κ1) is 16.9. The van der Waals surface area contributed by atoms with Crippen LogP contribution in [0.3, 0.4) is 0 Å². The molecule has 1 rings (SSSR count). The highest BCUT2D eigenvalue weighted by Crippen LogP contribution is 2.28. The van der Waals surface area contributed by atoms with Crippen LogP contribution in [-0.2, 0) is 6.54 Å². The van der Waals surface area contributed by atoms with Crippen molar-refractivity contribution in [3.63, 3.8) is 0 Å². The fourth-order valence-corrected chi connectivity index (χ4v) is 2.26. The van der Waals surface area contributed by atoms with Gasteiger partial charge in [0.25, 0.3) is 0 Å². The summed E-state index contributed by atoms with van der Waals surface area (Å²) >= 11 is 0. The molecule has 0 spiro atoms. The predicted octanol–water partition coefficient (Wildman–Crippen LogP) is 1.54.